The van der Waals surface area contributed by atoms with Crippen LogP contribution in [0.2, 0.25) is 0 Å². The highest BCUT2D eigenvalue weighted by Gasteiger charge is 2.44. The van der Waals surface area contributed by atoms with Gasteiger partial charge in [0.2, 0.25) is 0 Å². The molecule has 0 aromatic rings. The van der Waals surface area contributed by atoms with Gasteiger partial charge < -0.3 is 5.11 Å². The molecule has 1 rings (SSSR count). The Bertz CT molecular complexity index is 232. The first-order valence-electron chi connectivity index (χ1n) is 6.47. The van der Waals surface area contributed by atoms with Gasteiger partial charge in [0, 0.05) is 0 Å². The van der Waals surface area contributed by atoms with E-state index in [2.05, 4.69) is 18.7 Å². The van der Waals surface area contributed by atoms with E-state index < -0.39 is 11.5 Å². The number of likely N-dealkylation sites (N-methyl/N-ethyl adjacent to an activating group) is 1. The molecule has 0 atom stereocenters. The third-order valence-corrected chi connectivity index (χ3v) is 4.08. The van der Waals surface area contributed by atoms with Crippen molar-refractivity contribution in [2.24, 2.45) is 5.92 Å². The molecular formula is C13H25NO2. The average molecular weight is 227 g/mol. The molecule has 3 heteroatoms. The van der Waals surface area contributed by atoms with Crippen molar-refractivity contribution < 1.29 is 9.90 Å². The molecule has 1 N–H and O–H groups in total. The molecule has 0 aliphatic heterocycles. The van der Waals surface area contributed by atoms with E-state index in [1.54, 1.807) is 0 Å². The highest BCUT2D eigenvalue weighted by atomic mass is 16.4. The Kier molecular flexibility index (Phi) is 4.78. The van der Waals surface area contributed by atoms with Crippen LogP contribution in [0, 0.1) is 5.92 Å². The van der Waals surface area contributed by atoms with E-state index in [-0.39, 0.29) is 0 Å². The minimum atomic E-state index is -0.627. The van der Waals surface area contributed by atoms with Crippen molar-refractivity contribution in [3.05, 3.63) is 0 Å². The quantitative estimate of drug-likeness (QED) is 0.785. The van der Waals surface area contributed by atoms with Crippen molar-refractivity contribution in [2.45, 2.75) is 57.9 Å². The van der Waals surface area contributed by atoms with Crippen molar-refractivity contribution in [2.75, 3.05) is 13.6 Å². The smallest absolute Gasteiger partial charge is 0.324 e. The number of hydrogen-bond donors (Lipinski definition) is 1. The lowest BCUT2D eigenvalue weighted by Gasteiger charge is -2.42. The maximum Gasteiger partial charge on any atom is 0.324 e. The number of aliphatic carboxylic acids is 1. The number of carboxylic acids is 1. The molecule has 0 aromatic heterocycles. The van der Waals surface area contributed by atoms with Gasteiger partial charge in [-0.2, -0.15) is 0 Å². The summed E-state index contributed by atoms with van der Waals surface area (Å²) in [6, 6.07) is 0. The topological polar surface area (TPSA) is 40.5 Å². The summed E-state index contributed by atoms with van der Waals surface area (Å²) in [6.45, 7) is 5.26. The Labute approximate surface area is 98.8 Å². The van der Waals surface area contributed by atoms with Gasteiger partial charge in [-0.3, -0.25) is 9.69 Å². The summed E-state index contributed by atoms with van der Waals surface area (Å²) < 4.78 is 0. The van der Waals surface area contributed by atoms with Crippen LogP contribution in [0.15, 0.2) is 0 Å². The van der Waals surface area contributed by atoms with Gasteiger partial charge in [-0.25, -0.2) is 0 Å². The Morgan fingerprint density at radius 3 is 2.44 bits per heavy atom. The second-order valence-electron chi connectivity index (χ2n) is 5.29. The van der Waals surface area contributed by atoms with Crippen LogP contribution in [-0.4, -0.2) is 35.1 Å². The van der Waals surface area contributed by atoms with Crippen LogP contribution in [0.25, 0.3) is 0 Å². The lowest BCUT2D eigenvalue weighted by molar-refractivity contribution is -0.153. The van der Waals surface area contributed by atoms with E-state index in [9.17, 15) is 9.90 Å². The fourth-order valence-corrected chi connectivity index (χ4v) is 2.61. The van der Waals surface area contributed by atoms with Crippen LogP contribution in [0.3, 0.4) is 0 Å². The van der Waals surface area contributed by atoms with Gasteiger partial charge in [0.1, 0.15) is 5.54 Å². The zero-order valence-corrected chi connectivity index (χ0v) is 10.8. The third-order valence-electron chi connectivity index (χ3n) is 4.08. The van der Waals surface area contributed by atoms with Crippen LogP contribution in [0.4, 0.5) is 0 Å². The maximum atomic E-state index is 11.5. The van der Waals surface area contributed by atoms with Gasteiger partial charge in [0.15, 0.2) is 0 Å². The molecule has 1 fully saturated rings. The molecule has 0 saturated heterocycles. The van der Waals surface area contributed by atoms with Gasteiger partial charge in [-0.1, -0.05) is 20.3 Å². The predicted octanol–water partition coefficient (Wildman–Crippen LogP) is 2.75. The van der Waals surface area contributed by atoms with Crippen LogP contribution >= 0.6 is 0 Å². The fourth-order valence-electron chi connectivity index (χ4n) is 2.61. The van der Waals surface area contributed by atoms with E-state index in [1.807, 2.05) is 7.05 Å². The Balaban J connectivity index is 2.69. The lowest BCUT2D eigenvalue weighted by Crippen LogP contribution is -2.55. The number of carboxylic acid groups (broad SMARTS) is 1. The zero-order valence-electron chi connectivity index (χ0n) is 10.8. The van der Waals surface area contributed by atoms with E-state index in [1.165, 1.54) is 0 Å². The molecule has 1 saturated carbocycles. The first-order valence-corrected chi connectivity index (χ1v) is 6.47. The summed E-state index contributed by atoms with van der Waals surface area (Å²) in [7, 11) is 1.97. The predicted molar refractivity (Wildman–Crippen MR) is 65.5 cm³/mol. The summed E-state index contributed by atoms with van der Waals surface area (Å²) in [6.07, 6.45) is 5.91. The van der Waals surface area contributed by atoms with Gasteiger partial charge >= 0.3 is 5.97 Å². The summed E-state index contributed by atoms with van der Waals surface area (Å²) >= 11 is 0. The van der Waals surface area contributed by atoms with Crippen LogP contribution < -0.4 is 0 Å². The first-order chi connectivity index (χ1) is 7.53. The van der Waals surface area contributed by atoms with E-state index in [0.29, 0.717) is 5.92 Å². The molecule has 0 amide bonds. The molecule has 0 heterocycles. The standard InChI is InChI=1S/C13H25NO2/c1-4-5-10-14(3)13(12(15)16)8-6-11(2)7-9-13/h11H,4-10H2,1-3H3,(H,15,16). The van der Waals surface area contributed by atoms with Gasteiger partial charge in [0.25, 0.3) is 0 Å². The minimum Gasteiger partial charge on any atom is -0.480 e. The third kappa shape index (κ3) is 2.76. The monoisotopic (exact) mass is 227 g/mol. The zero-order chi connectivity index (χ0) is 12.2. The van der Waals surface area contributed by atoms with Gasteiger partial charge in [-0.15, -0.1) is 0 Å². The average Bonchev–Trinajstić information content (AvgIpc) is 2.26. The van der Waals surface area contributed by atoms with Crippen LogP contribution in [0.5, 0.6) is 0 Å². The molecule has 1 aliphatic rings. The molecule has 1 aliphatic carbocycles. The molecule has 0 bridgehead atoms. The van der Waals surface area contributed by atoms with Crippen LogP contribution in [-0.2, 0) is 4.79 Å². The lowest BCUT2D eigenvalue weighted by atomic mass is 9.76. The minimum absolute atomic E-state index is 0.582. The molecule has 0 spiro atoms. The molecule has 3 nitrogen and oxygen atoms in total. The largest absolute Gasteiger partial charge is 0.480 e. The van der Waals surface area contributed by atoms with E-state index in [0.717, 1.165) is 45.1 Å². The van der Waals surface area contributed by atoms with Crippen molar-refractivity contribution >= 4 is 5.97 Å². The summed E-state index contributed by atoms with van der Waals surface area (Å²) in [5, 5.41) is 9.50. The molecule has 16 heavy (non-hydrogen) atoms. The SMILES string of the molecule is CCCCN(C)C1(C(=O)O)CCC(C)CC1. The first kappa shape index (κ1) is 13.5. The number of rotatable bonds is 5. The normalized spacial score (nSPS) is 30.6. The summed E-state index contributed by atoms with van der Waals surface area (Å²) in [5.74, 6) is 0.0602. The summed E-state index contributed by atoms with van der Waals surface area (Å²) in [5.41, 5.74) is -0.582. The number of nitrogens with zero attached hydrogens (tertiary/aromatic N) is 1. The van der Waals surface area contributed by atoms with Crippen molar-refractivity contribution in [3.63, 3.8) is 0 Å². The van der Waals surface area contributed by atoms with Gasteiger partial charge in [0.05, 0.1) is 0 Å². The number of hydrogen-bond acceptors (Lipinski definition) is 2. The second-order valence-corrected chi connectivity index (χ2v) is 5.29. The number of carbonyl (C=O) groups is 1. The number of unbranched alkanes of at least 4 members (excludes halogenated alkanes) is 1. The molecule has 94 valence electrons. The van der Waals surface area contributed by atoms with Crippen LogP contribution in [0.1, 0.15) is 52.4 Å². The molecule has 0 radical (unpaired) electrons. The summed E-state index contributed by atoms with van der Waals surface area (Å²) in [4.78, 5) is 13.6. The van der Waals surface area contributed by atoms with Gasteiger partial charge in [-0.05, 0) is 51.6 Å². The highest BCUT2D eigenvalue weighted by molar-refractivity contribution is 5.78. The van der Waals surface area contributed by atoms with E-state index in [4.69, 9.17) is 0 Å². The molecular weight excluding hydrogens is 202 g/mol. The Morgan fingerprint density at radius 2 is 2.00 bits per heavy atom. The second kappa shape index (κ2) is 5.67. The van der Waals surface area contributed by atoms with Crippen molar-refractivity contribution in [3.8, 4) is 0 Å². The van der Waals surface area contributed by atoms with Crippen molar-refractivity contribution in [1.82, 2.24) is 4.90 Å². The fraction of sp³-hybridized carbons (Fsp3) is 0.923. The van der Waals surface area contributed by atoms with E-state index >= 15 is 0 Å². The molecule has 0 aromatic carbocycles. The van der Waals surface area contributed by atoms with Crippen molar-refractivity contribution in [1.29, 1.82) is 0 Å². The Hall–Kier alpha value is -0.570. The highest BCUT2D eigenvalue weighted by Crippen LogP contribution is 2.36. The molecule has 0 unspecified atom stereocenters. The maximum absolute atomic E-state index is 11.5. The Morgan fingerprint density at radius 1 is 1.44 bits per heavy atom.